The first-order valence-electron chi connectivity index (χ1n) is 11.8. The molecule has 0 aliphatic rings. The van der Waals surface area contributed by atoms with Gasteiger partial charge in [-0.05, 0) is 66.0 Å². The van der Waals surface area contributed by atoms with E-state index in [1.807, 2.05) is 30.3 Å². The molecule has 0 amide bonds. The summed E-state index contributed by atoms with van der Waals surface area (Å²) in [5, 5.41) is 2.65. The van der Waals surface area contributed by atoms with Gasteiger partial charge in [-0.2, -0.15) is 0 Å². The van der Waals surface area contributed by atoms with Crippen molar-refractivity contribution in [3.63, 3.8) is 0 Å². The summed E-state index contributed by atoms with van der Waals surface area (Å²) in [6.07, 6.45) is 0. The summed E-state index contributed by atoms with van der Waals surface area (Å²) < 4.78 is 17.6. The molecule has 0 N–H and O–H groups in total. The summed E-state index contributed by atoms with van der Waals surface area (Å²) in [6, 6.07) is 29.6. The van der Waals surface area contributed by atoms with Crippen molar-refractivity contribution in [2.45, 2.75) is 26.4 Å². The van der Waals surface area contributed by atoms with Gasteiger partial charge in [0.1, 0.15) is 17.2 Å². The molecule has 0 saturated carbocycles. The molecule has 180 valence electrons. The van der Waals surface area contributed by atoms with Crippen LogP contribution in [-0.2, 0) is 0 Å². The molecule has 0 heterocycles. The molecule has 0 spiro atoms. The van der Waals surface area contributed by atoms with Gasteiger partial charge in [0, 0.05) is 5.56 Å². The Kier molecular flexibility index (Phi) is 7.78. The van der Waals surface area contributed by atoms with Gasteiger partial charge in [0.2, 0.25) is 0 Å². The van der Waals surface area contributed by atoms with Crippen LogP contribution in [0.25, 0.3) is 22.3 Å². The second kappa shape index (κ2) is 11.0. The minimum atomic E-state index is -0.730. The predicted octanol–water partition coefficient (Wildman–Crippen LogP) is 7.20. The van der Waals surface area contributed by atoms with Gasteiger partial charge in [-0.3, -0.25) is 0 Å². The van der Waals surface area contributed by atoms with Gasteiger partial charge in [0.05, 0.1) is 26.9 Å². The monoisotopic (exact) mass is 484 g/mol. The lowest BCUT2D eigenvalue weighted by molar-refractivity contribution is 0.397. The summed E-state index contributed by atoms with van der Waals surface area (Å²) in [7, 11) is 4.45. The third-order valence-corrected chi connectivity index (χ3v) is 9.10. The number of benzene rings is 4. The van der Waals surface area contributed by atoms with Crippen molar-refractivity contribution in [2.75, 3.05) is 21.3 Å². The lowest BCUT2D eigenvalue weighted by atomic mass is 9.94. The maximum atomic E-state index is 5.87. The van der Waals surface area contributed by atoms with Crippen LogP contribution in [-0.4, -0.2) is 27.0 Å². The molecule has 3 nitrogen and oxygen atoms in total. The highest BCUT2D eigenvalue weighted by atomic mass is 31.1. The molecule has 0 aliphatic heterocycles. The van der Waals surface area contributed by atoms with E-state index in [0.29, 0.717) is 5.66 Å². The van der Waals surface area contributed by atoms with Gasteiger partial charge in [0.15, 0.2) is 0 Å². The minimum Gasteiger partial charge on any atom is -0.496 e. The van der Waals surface area contributed by atoms with Crippen molar-refractivity contribution in [1.82, 2.24) is 0 Å². The normalized spacial score (nSPS) is 11.9. The van der Waals surface area contributed by atoms with E-state index in [1.165, 1.54) is 21.7 Å². The predicted molar refractivity (Wildman–Crippen MR) is 149 cm³/mol. The Morgan fingerprint density at radius 1 is 0.571 bits per heavy atom. The molecule has 0 bridgehead atoms. The van der Waals surface area contributed by atoms with E-state index in [1.54, 1.807) is 21.3 Å². The van der Waals surface area contributed by atoms with Crippen LogP contribution in [0.3, 0.4) is 0 Å². The molecule has 4 rings (SSSR count). The van der Waals surface area contributed by atoms with Crippen LogP contribution < -0.4 is 24.8 Å². The van der Waals surface area contributed by atoms with Gasteiger partial charge in [-0.15, -0.1) is 0 Å². The van der Waals surface area contributed by atoms with Gasteiger partial charge >= 0.3 is 0 Å². The summed E-state index contributed by atoms with van der Waals surface area (Å²) >= 11 is 0. The van der Waals surface area contributed by atoms with Gasteiger partial charge in [0.25, 0.3) is 0 Å². The topological polar surface area (TPSA) is 27.7 Å². The summed E-state index contributed by atoms with van der Waals surface area (Å²) in [5.41, 5.74) is 6.01. The highest BCUT2D eigenvalue weighted by molar-refractivity contribution is 7.74. The van der Waals surface area contributed by atoms with E-state index in [4.69, 9.17) is 14.2 Å². The molecular weight excluding hydrogens is 451 g/mol. The lowest BCUT2D eigenvalue weighted by Gasteiger charge is -2.30. The molecule has 4 aromatic carbocycles. The molecule has 4 heteroatoms. The van der Waals surface area contributed by atoms with Crippen LogP contribution >= 0.6 is 7.92 Å². The maximum Gasteiger partial charge on any atom is 0.130 e. The van der Waals surface area contributed by atoms with Crippen molar-refractivity contribution in [2.24, 2.45) is 0 Å². The van der Waals surface area contributed by atoms with Gasteiger partial charge < -0.3 is 14.2 Å². The second-order valence-corrected chi connectivity index (χ2v) is 11.4. The molecule has 0 saturated heterocycles. The van der Waals surface area contributed by atoms with Crippen molar-refractivity contribution < 1.29 is 14.2 Å². The Morgan fingerprint density at radius 2 is 1.06 bits per heavy atom. The van der Waals surface area contributed by atoms with Crippen molar-refractivity contribution in [3.05, 3.63) is 90.5 Å². The Morgan fingerprint density at radius 3 is 1.60 bits per heavy atom. The Labute approximate surface area is 210 Å². The fourth-order valence-electron chi connectivity index (χ4n) is 4.75. The Bertz CT molecular complexity index is 1280. The van der Waals surface area contributed by atoms with Gasteiger partial charge in [-0.1, -0.05) is 80.6 Å². The van der Waals surface area contributed by atoms with E-state index in [2.05, 4.69) is 75.4 Å². The molecule has 35 heavy (non-hydrogen) atoms. The maximum absolute atomic E-state index is 5.87. The van der Waals surface area contributed by atoms with E-state index in [-0.39, 0.29) is 0 Å². The molecule has 1 unspecified atom stereocenters. The molecular formula is C31H33O3P. The van der Waals surface area contributed by atoms with Crippen LogP contribution in [0.1, 0.15) is 19.4 Å². The lowest BCUT2D eigenvalue weighted by Crippen LogP contribution is -2.22. The zero-order chi connectivity index (χ0) is 24.9. The van der Waals surface area contributed by atoms with E-state index < -0.39 is 7.92 Å². The standard InChI is InChI=1S/C31H33O3P/c1-21(2)35(23-14-8-7-9-15-23)31-24(29-22(3)13-10-18-26(29)32-4)16-11-17-25(31)30-27(33-5)19-12-20-28(30)34-6/h7-21H,1-6H3. The van der Waals surface area contributed by atoms with Gasteiger partial charge in [-0.25, -0.2) is 0 Å². The zero-order valence-electron chi connectivity index (χ0n) is 21.3. The van der Waals surface area contributed by atoms with E-state index >= 15 is 0 Å². The first-order chi connectivity index (χ1) is 17.0. The van der Waals surface area contributed by atoms with E-state index in [0.717, 1.165) is 33.9 Å². The average Bonchev–Trinajstić information content (AvgIpc) is 2.88. The Balaban J connectivity index is 2.16. The first-order valence-corrected chi connectivity index (χ1v) is 13.3. The number of hydrogen-bond acceptors (Lipinski definition) is 3. The molecule has 1 atom stereocenters. The van der Waals surface area contributed by atoms with E-state index in [9.17, 15) is 0 Å². The summed E-state index contributed by atoms with van der Waals surface area (Å²) in [4.78, 5) is 0. The first kappa shape index (κ1) is 24.8. The SMILES string of the molecule is COc1cccc(C)c1-c1cccc(-c2c(OC)cccc2OC)c1P(c1ccccc1)C(C)C. The number of methoxy groups -OCH3 is 3. The van der Waals surface area contributed by atoms with Crippen molar-refractivity contribution >= 4 is 18.5 Å². The second-order valence-electron chi connectivity index (χ2n) is 8.69. The van der Waals surface area contributed by atoms with Crippen LogP contribution in [0.4, 0.5) is 0 Å². The Hall–Kier alpha value is -3.29. The number of rotatable bonds is 8. The molecule has 0 radical (unpaired) electrons. The van der Waals surface area contributed by atoms with Crippen LogP contribution in [0.5, 0.6) is 17.2 Å². The smallest absolute Gasteiger partial charge is 0.130 e. The third-order valence-electron chi connectivity index (χ3n) is 6.25. The number of ether oxygens (including phenoxy) is 3. The highest BCUT2D eigenvalue weighted by Gasteiger charge is 2.28. The highest BCUT2D eigenvalue weighted by Crippen LogP contribution is 2.49. The summed E-state index contributed by atoms with van der Waals surface area (Å²) in [6.45, 7) is 6.78. The number of aryl methyl sites for hydroxylation is 1. The quantitative estimate of drug-likeness (QED) is 0.248. The van der Waals surface area contributed by atoms with Crippen LogP contribution in [0.2, 0.25) is 0 Å². The van der Waals surface area contributed by atoms with Crippen LogP contribution in [0.15, 0.2) is 84.9 Å². The van der Waals surface area contributed by atoms with Crippen molar-refractivity contribution in [1.29, 1.82) is 0 Å². The molecule has 0 aromatic heterocycles. The molecule has 0 aliphatic carbocycles. The fraction of sp³-hybridized carbons (Fsp3) is 0.226. The minimum absolute atomic E-state index is 0.406. The van der Waals surface area contributed by atoms with Crippen LogP contribution in [0, 0.1) is 6.92 Å². The molecule has 4 aromatic rings. The average molecular weight is 485 g/mol. The number of hydrogen-bond donors (Lipinski definition) is 0. The van der Waals surface area contributed by atoms with Crippen molar-refractivity contribution in [3.8, 4) is 39.5 Å². The largest absolute Gasteiger partial charge is 0.496 e. The fourth-order valence-corrected chi connectivity index (χ4v) is 7.51. The zero-order valence-corrected chi connectivity index (χ0v) is 22.2. The third kappa shape index (κ3) is 4.79. The summed E-state index contributed by atoms with van der Waals surface area (Å²) in [5.74, 6) is 2.47. The molecule has 0 fully saturated rings.